The Kier molecular flexibility index (Phi) is 4.23. The van der Waals surface area contributed by atoms with Gasteiger partial charge in [-0.25, -0.2) is 4.98 Å². The maximum Gasteiger partial charge on any atom is 0.131 e. The number of anilines is 2. The number of nitrogens with one attached hydrogen (secondary N) is 1. The number of halogens is 1. The second kappa shape index (κ2) is 6.83. The van der Waals surface area contributed by atoms with Crippen molar-refractivity contribution in [2.75, 3.05) is 5.32 Å². The van der Waals surface area contributed by atoms with Crippen LogP contribution in [0.1, 0.15) is 0 Å². The third-order valence-electron chi connectivity index (χ3n) is 3.76. The predicted molar refractivity (Wildman–Crippen MR) is 103 cm³/mol. The number of benzene rings is 3. The average Bonchev–Trinajstić information content (AvgIpc) is 2.64. The normalized spacial score (nSPS) is 10.6. The Balaban J connectivity index is 1.58. The highest BCUT2D eigenvalue weighted by Gasteiger charge is 2.04. The Bertz CT molecular complexity index is 1020. The largest absolute Gasteiger partial charge is 0.457 e. The molecule has 0 aliphatic carbocycles. The van der Waals surface area contributed by atoms with Crippen LogP contribution in [0.4, 0.5) is 11.5 Å². The highest BCUT2D eigenvalue weighted by Crippen LogP contribution is 2.27. The van der Waals surface area contributed by atoms with Crippen LogP contribution in [-0.4, -0.2) is 4.98 Å². The van der Waals surface area contributed by atoms with Gasteiger partial charge in [0.25, 0.3) is 0 Å². The van der Waals surface area contributed by atoms with E-state index < -0.39 is 0 Å². The molecule has 3 nitrogen and oxygen atoms in total. The second-order valence-electron chi connectivity index (χ2n) is 5.58. The number of hydrogen-bond donors (Lipinski definition) is 1. The van der Waals surface area contributed by atoms with Gasteiger partial charge in [0.2, 0.25) is 0 Å². The van der Waals surface area contributed by atoms with Gasteiger partial charge in [0.1, 0.15) is 17.3 Å². The number of fused-ring (bicyclic) bond motifs is 1. The number of pyridine rings is 1. The van der Waals surface area contributed by atoms with Crippen LogP contribution in [0.5, 0.6) is 11.5 Å². The molecule has 0 bridgehead atoms. The van der Waals surface area contributed by atoms with Gasteiger partial charge >= 0.3 is 0 Å². The van der Waals surface area contributed by atoms with Crippen LogP contribution in [0, 0.1) is 0 Å². The molecule has 0 atom stereocenters. The molecule has 25 heavy (non-hydrogen) atoms. The van der Waals surface area contributed by atoms with Crippen LogP contribution in [0.3, 0.4) is 0 Å². The molecule has 0 amide bonds. The lowest BCUT2D eigenvalue weighted by molar-refractivity contribution is 0.483. The summed E-state index contributed by atoms with van der Waals surface area (Å²) in [4.78, 5) is 4.60. The summed E-state index contributed by atoms with van der Waals surface area (Å²) in [5, 5.41) is 4.95. The van der Waals surface area contributed by atoms with E-state index in [1.54, 1.807) is 0 Å². The lowest BCUT2D eigenvalue weighted by atomic mass is 10.2. The minimum absolute atomic E-state index is 0.641. The summed E-state index contributed by atoms with van der Waals surface area (Å²) >= 11 is 6.24. The van der Waals surface area contributed by atoms with E-state index in [-0.39, 0.29) is 0 Å². The average molecular weight is 347 g/mol. The topological polar surface area (TPSA) is 34.1 Å². The highest BCUT2D eigenvalue weighted by molar-refractivity contribution is 6.35. The third kappa shape index (κ3) is 3.57. The predicted octanol–water partition coefficient (Wildman–Crippen LogP) is 6.42. The van der Waals surface area contributed by atoms with Gasteiger partial charge in [0, 0.05) is 17.1 Å². The minimum atomic E-state index is 0.641. The number of hydrogen-bond acceptors (Lipinski definition) is 3. The minimum Gasteiger partial charge on any atom is -0.457 e. The van der Waals surface area contributed by atoms with E-state index >= 15 is 0 Å². The summed E-state index contributed by atoms with van der Waals surface area (Å²) in [6.45, 7) is 0. The molecular formula is C21H15ClN2O. The maximum absolute atomic E-state index is 6.24. The van der Waals surface area contributed by atoms with Crippen molar-refractivity contribution >= 4 is 34.0 Å². The summed E-state index contributed by atoms with van der Waals surface area (Å²) in [6.07, 6.45) is 0. The first-order valence-corrected chi connectivity index (χ1v) is 8.31. The number of nitrogens with zero attached hydrogens (tertiary/aromatic N) is 1. The summed E-state index contributed by atoms with van der Waals surface area (Å²) in [5.74, 6) is 2.29. The first-order chi connectivity index (χ1) is 12.3. The van der Waals surface area contributed by atoms with E-state index in [2.05, 4.69) is 10.3 Å². The van der Waals surface area contributed by atoms with Crippen molar-refractivity contribution in [3.05, 3.63) is 90.0 Å². The standard InChI is InChI=1S/C21H15ClN2O/c22-19-11-4-6-15-12-13-20(24-21(15)19)23-16-7-5-10-18(14-16)25-17-8-2-1-3-9-17/h1-14H,(H,23,24). The second-order valence-corrected chi connectivity index (χ2v) is 5.98. The van der Waals surface area contributed by atoms with Crippen molar-refractivity contribution < 1.29 is 4.74 Å². The Hall–Kier alpha value is -3.04. The fourth-order valence-corrected chi connectivity index (χ4v) is 2.81. The molecule has 0 aliphatic heterocycles. The molecule has 3 aromatic carbocycles. The van der Waals surface area contributed by atoms with Crippen molar-refractivity contribution in [1.29, 1.82) is 0 Å². The number of ether oxygens (including phenoxy) is 1. The van der Waals surface area contributed by atoms with Crippen LogP contribution in [0.25, 0.3) is 10.9 Å². The first-order valence-electron chi connectivity index (χ1n) is 7.93. The van der Waals surface area contributed by atoms with Crippen molar-refractivity contribution in [3.8, 4) is 11.5 Å². The smallest absolute Gasteiger partial charge is 0.131 e. The molecule has 0 spiro atoms. The monoisotopic (exact) mass is 346 g/mol. The maximum atomic E-state index is 6.24. The molecule has 4 aromatic rings. The molecule has 0 unspecified atom stereocenters. The Morgan fingerprint density at radius 3 is 2.44 bits per heavy atom. The molecule has 0 saturated heterocycles. The molecule has 0 aliphatic rings. The highest BCUT2D eigenvalue weighted by atomic mass is 35.5. The van der Waals surface area contributed by atoms with E-state index in [1.807, 2.05) is 84.9 Å². The van der Waals surface area contributed by atoms with E-state index in [1.165, 1.54) is 0 Å². The molecule has 0 fully saturated rings. The lowest BCUT2D eigenvalue weighted by Gasteiger charge is -2.10. The van der Waals surface area contributed by atoms with Gasteiger partial charge < -0.3 is 10.1 Å². The van der Waals surface area contributed by atoms with Gasteiger partial charge in [-0.15, -0.1) is 0 Å². The van der Waals surface area contributed by atoms with Crippen molar-refractivity contribution in [2.45, 2.75) is 0 Å². The molecule has 1 heterocycles. The van der Waals surface area contributed by atoms with Crippen molar-refractivity contribution in [2.24, 2.45) is 0 Å². The zero-order valence-corrected chi connectivity index (χ0v) is 14.1. The van der Waals surface area contributed by atoms with Gasteiger partial charge in [-0.3, -0.25) is 0 Å². The van der Waals surface area contributed by atoms with E-state index in [0.717, 1.165) is 33.9 Å². The van der Waals surface area contributed by atoms with Crippen molar-refractivity contribution in [1.82, 2.24) is 4.98 Å². The quantitative estimate of drug-likeness (QED) is 0.462. The van der Waals surface area contributed by atoms with Gasteiger partial charge in [-0.05, 0) is 42.5 Å². The molecule has 4 rings (SSSR count). The molecule has 1 aromatic heterocycles. The van der Waals surface area contributed by atoms with E-state index in [9.17, 15) is 0 Å². The fourth-order valence-electron chi connectivity index (χ4n) is 2.59. The van der Waals surface area contributed by atoms with Gasteiger partial charge in [-0.1, -0.05) is 48.0 Å². The fraction of sp³-hybridized carbons (Fsp3) is 0. The lowest BCUT2D eigenvalue weighted by Crippen LogP contribution is -1.94. The third-order valence-corrected chi connectivity index (χ3v) is 4.06. The Labute approximate surface area is 150 Å². The van der Waals surface area contributed by atoms with Crippen LogP contribution in [0.2, 0.25) is 5.02 Å². The number of aromatic nitrogens is 1. The molecule has 0 saturated carbocycles. The van der Waals surface area contributed by atoms with Crippen LogP contribution >= 0.6 is 11.6 Å². The van der Waals surface area contributed by atoms with E-state index in [0.29, 0.717) is 5.02 Å². The molecule has 4 heteroatoms. The summed E-state index contributed by atoms with van der Waals surface area (Å²) in [7, 11) is 0. The SMILES string of the molecule is Clc1cccc2ccc(Nc3cccc(Oc4ccccc4)c3)nc12. The summed E-state index contributed by atoms with van der Waals surface area (Å²) < 4.78 is 5.86. The first kappa shape index (κ1) is 15.5. The number of rotatable bonds is 4. The Morgan fingerprint density at radius 1 is 0.760 bits per heavy atom. The zero-order chi connectivity index (χ0) is 17.1. The van der Waals surface area contributed by atoms with Gasteiger partial charge in [0.15, 0.2) is 0 Å². The zero-order valence-electron chi connectivity index (χ0n) is 13.3. The Morgan fingerprint density at radius 2 is 1.56 bits per heavy atom. The number of para-hydroxylation sites is 2. The molecular weight excluding hydrogens is 332 g/mol. The van der Waals surface area contributed by atoms with Crippen molar-refractivity contribution in [3.63, 3.8) is 0 Å². The van der Waals surface area contributed by atoms with Crippen LogP contribution in [-0.2, 0) is 0 Å². The molecule has 122 valence electrons. The van der Waals surface area contributed by atoms with Gasteiger partial charge in [0.05, 0.1) is 10.5 Å². The summed E-state index contributed by atoms with van der Waals surface area (Å²) in [6, 6.07) is 27.1. The molecule has 0 radical (unpaired) electrons. The molecule has 1 N–H and O–H groups in total. The van der Waals surface area contributed by atoms with Gasteiger partial charge in [-0.2, -0.15) is 0 Å². The van der Waals surface area contributed by atoms with E-state index in [4.69, 9.17) is 16.3 Å². The van der Waals surface area contributed by atoms with Crippen LogP contribution < -0.4 is 10.1 Å². The summed E-state index contributed by atoms with van der Waals surface area (Å²) in [5.41, 5.74) is 1.68. The van der Waals surface area contributed by atoms with Crippen LogP contribution in [0.15, 0.2) is 84.9 Å².